The number of nitrogen functional groups attached to an aromatic ring is 1. The van der Waals surface area contributed by atoms with Gasteiger partial charge in [0.1, 0.15) is 23.8 Å². The van der Waals surface area contributed by atoms with E-state index in [9.17, 15) is 15.3 Å². The van der Waals surface area contributed by atoms with Gasteiger partial charge in [0.15, 0.2) is 17.7 Å². The van der Waals surface area contributed by atoms with Gasteiger partial charge in [0.2, 0.25) is 5.95 Å². The zero-order chi connectivity index (χ0) is 18.3. The van der Waals surface area contributed by atoms with Crippen molar-refractivity contribution in [3.8, 4) is 0 Å². The summed E-state index contributed by atoms with van der Waals surface area (Å²) in [6.07, 6.45) is -2.91. The monoisotopic (exact) mass is 358 g/mol. The Kier molecular flexibility index (Phi) is 4.17. The van der Waals surface area contributed by atoms with Crippen LogP contribution in [0.2, 0.25) is 0 Å². The number of hydrogen-bond donors (Lipinski definition) is 5. The first-order valence-electron chi connectivity index (χ1n) is 8.03. The van der Waals surface area contributed by atoms with Crippen LogP contribution >= 0.6 is 0 Å². The molecule has 26 heavy (non-hydrogen) atoms. The molecule has 4 rings (SSSR count). The van der Waals surface area contributed by atoms with E-state index in [0.717, 1.165) is 5.69 Å². The number of nitrogens with two attached hydrogens (primary N) is 1. The van der Waals surface area contributed by atoms with Crippen LogP contribution in [0.15, 0.2) is 36.7 Å². The minimum atomic E-state index is -1.24. The maximum absolute atomic E-state index is 10.2. The molecule has 0 unspecified atom stereocenters. The van der Waals surface area contributed by atoms with E-state index in [1.54, 1.807) is 0 Å². The molecule has 0 saturated carbocycles. The predicted molar refractivity (Wildman–Crippen MR) is 92.5 cm³/mol. The Labute approximate surface area is 147 Å². The molecule has 4 atom stereocenters. The Hall–Kier alpha value is -2.79. The molecule has 1 fully saturated rings. The molecule has 3 heterocycles. The summed E-state index contributed by atoms with van der Waals surface area (Å²) >= 11 is 0. The van der Waals surface area contributed by atoms with Gasteiger partial charge in [0, 0.05) is 5.69 Å². The smallest absolute Gasteiger partial charge is 0.231 e. The molecule has 3 aromatic rings. The fourth-order valence-corrected chi connectivity index (χ4v) is 2.94. The number of rotatable bonds is 4. The molecule has 0 radical (unpaired) electrons. The van der Waals surface area contributed by atoms with Gasteiger partial charge in [0.05, 0.1) is 12.9 Å². The van der Waals surface area contributed by atoms with Gasteiger partial charge in [-0.25, -0.2) is 4.98 Å². The van der Waals surface area contributed by atoms with E-state index in [1.807, 2.05) is 30.3 Å². The number of hydrogen-bond acceptors (Lipinski definition) is 9. The van der Waals surface area contributed by atoms with Crippen molar-refractivity contribution in [1.29, 1.82) is 0 Å². The standard InChI is InChI=1S/C16H18N6O4/c17-13-10-14(21-16(20-13)19-8-4-2-1-3-5-8)22(7-18-10)15-12(25)11(24)9(6-23)26-15/h1-5,7,9,11-12,15,23-25H,6H2,(H3,17,19,20,21)/t9-,11-,12-,15-/m0/s1. The summed E-state index contributed by atoms with van der Waals surface area (Å²) in [5.41, 5.74) is 7.45. The van der Waals surface area contributed by atoms with Gasteiger partial charge in [-0.2, -0.15) is 9.97 Å². The summed E-state index contributed by atoms with van der Waals surface area (Å²) in [7, 11) is 0. The highest BCUT2D eigenvalue weighted by molar-refractivity contribution is 5.83. The van der Waals surface area contributed by atoms with Gasteiger partial charge >= 0.3 is 0 Å². The van der Waals surface area contributed by atoms with Crippen LogP contribution in [-0.4, -0.2) is 59.8 Å². The second-order valence-corrected chi connectivity index (χ2v) is 5.98. The van der Waals surface area contributed by atoms with Crippen LogP contribution in [0.4, 0.5) is 17.5 Å². The lowest BCUT2D eigenvalue weighted by molar-refractivity contribution is -0.0511. The van der Waals surface area contributed by atoms with Gasteiger partial charge in [-0.3, -0.25) is 4.57 Å². The average molecular weight is 358 g/mol. The van der Waals surface area contributed by atoms with Crippen LogP contribution < -0.4 is 11.1 Å². The molecule has 1 aliphatic rings. The largest absolute Gasteiger partial charge is 0.394 e. The molecule has 1 aromatic carbocycles. The van der Waals surface area contributed by atoms with Crippen LogP contribution in [0.3, 0.4) is 0 Å². The number of aromatic nitrogens is 4. The minimum Gasteiger partial charge on any atom is -0.394 e. The highest BCUT2D eigenvalue weighted by atomic mass is 16.6. The number of aliphatic hydroxyl groups is 3. The highest BCUT2D eigenvalue weighted by Gasteiger charge is 2.44. The van der Waals surface area contributed by atoms with Crippen molar-refractivity contribution in [2.24, 2.45) is 0 Å². The van der Waals surface area contributed by atoms with E-state index in [0.29, 0.717) is 11.2 Å². The molecule has 0 aliphatic carbocycles. The van der Waals surface area contributed by atoms with E-state index in [4.69, 9.17) is 10.5 Å². The number of fused-ring (bicyclic) bond motifs is 1. The van der Waals surface area contributed by atoms with Crippen molar-refractivity contribution in [1.82, 2.24) is 19.5 Å². The van der Waals surface area contributed by atoms with Gasteiger partial charge in [-0.15, -0.1) is 0 Å². The molecule has 0 spiro atoms. The van der Waals surface area contributed by atoms with Crippen LogP contribution in [0.1, 0.15) is 6.23 Å². The number of nitrogens with zero attached hydrogens (tertiary/aromatic N) is 4. The highest BCUT2D eigenvalue weighted by Crippen LogP contribution is 2.32. The first kappa shape index (κ1) is 16.7. The Morgan fingerprint density at radius 2 is 1.92 bits per heavy atom. The van der Waals surface area contributed by atoms with E-state index < -0.39 is 31.1 Å². The first-order chi connectivity index (χ1) is 12.6. The lowest BCUT2D eigenvalue weighted by Crippen LogP contribution is -2.33. The topological polar surface area (TPSA) is 152 Å². The van der Waals surface area contributed by atoms with Crippen LogP contribution in [-0.2, 0) is 4.74 Å². The summed E-state index contributed by atoms with van der Waals surface area (Å²) in [4.78, 5) is 12.8. The maximum atomic E-state index is 10.2. The van der Waals surface area contributed by atoms with E-state index in [2.05, 4.69) is 20.3 Å². The van der Waals surface area contributed by atoms with Gasteiger partial charge in [-0.05, 0) is 12.1 Å². The fraction of sp³-hybridized carbons (Fsp3) is 0.312. The molecule has 10 heteroatoms. The van der Waals surface area contributed by atoms with Crippen molar-refractivity contribution in [3.63, 3.8) is 0 Å². The van der Waals surface area contributed by atoms with Crippen LogP contribution in [0, 0.1) is 0 Å². The number of benzene rings is 1. The zero-order valence-electron chi connectivity index (χ0n) is 13.6. The molecule has 0 bridgehead atoms. The molecule has 1 saturated heterocycles. The molecule has 10 nitrogen and oxygen atoms in total. The summed E-state index contributed by atoms with van der Waals surface area (Å²) in [6.45, 7) is -0.417. The number of ether oxygens (including phenoxy) is 1. The number of para-hydroxylation sites is 1. The van der Waals surface area contributed by atoms with E-state index >= 15 is 0 Å². The molecule has 136 valence electrons. The lowest BCUT2D eigenvalue weighted by atomic mass is 10.1. The quantitative estimate of drug-likeness (QED) is 0.425. The van der Waals surface area contributed by atoms with Gasteiger partial charge in [-0.1, -0.05) is 18.2 Å². The SMILES string of the molecule is Nc1nc(Nc2ccccc2)nc2c1ncn2[C@H]1O[C@@H](CO)[C@H](O)[C@@H]1O. The van der Waals surface area contributed by atoms with Crippen molar-refractivity contribution in [2.75, 3.05) is 17.7 Å². The minimum absolute atomic E-state index is 0.166. The Balaban J connectivity index is 1.73. The summed E-state index contributed by atoms with van der Waals surface area (Å²) in [6, 6.07) is 9.34. The van der Waals surface area contributed by atoms with Crippen molar-refractivity contribution in [3.05, 3.63) is 36.7 Å². The summed E-state index contributed by atoms with van der Waals surface area (Å²) < 4.78 is 7.00. The van der Waals surface area contributed by atoms with Crippen LogP contribution in [0.25, 0.3) is 11.2 Å². The van der Waals surface area contributed by atoms with Crippen LogP contribution in [0.5, 0.6) is 0 Å². The molecular formula is C16H18N6O4. The second-order valence-electron chi connectivity index (χ2n) is 5.98. The maximum Gasteiger partial charge on any atom is 0.231 e. The molecule has 6 N–H and O–H groups in total. The number of nitrogens with one attached hydrogen (secondary N) is 1. The van der Waals surface area contributed by atoms with Crippen molar-refractivity contribution < 1.29 is 20.1 Å². The van der Waals surface area contributed by atoms with E-state index in [1.165, 1.54) is 10.9 Å². The molecule has 0 amide bonds. The third-order valence-electron chi connectivity index (χ3n) is 4.27. The Morgan fingerprint density at radius 1 is 1.15 bits per heavy atom. The lowest BCUT2D eigenvalue weighted by Gasteiger charge is -2.16. The molecule has 1 aliphatic heterocycles. The Morgan fingerprint density at radius 3 is 2.62 bits per heavy atom. The zero-order valence-corrected chi connectivity index (χ0v) is 13.6. The number of anilines is 3. The molecule has 2 aromatic heterocycles. The predicted octanol–water partition coefficient (Wildman–Crippen LogP) is -0.236. The summed E-state index contributed by atoms with van der Waals surface area (Å²) in [5.74, 6) is 0.425. The van der Waals surface area contributed by atoms with Gasteiger partial charge < -0.3 is 31.1 Å². The number of imidazole rings is 1. The third kappa shape index (κ3) is 2.74. The van der Waals surface area contributed by atoms with Crippen molar-refractivity contribution >= 4 is 28.6 Å². The second kappa shape index (κ2) is 6.50. The van der Waals surface area contributed by atoms with Gasteiger partial charge in [0.25, 0.3) is 0 Å². The number of aliphatic hydroxyl groups excluding tert-OH is 3. The van der Waals surface area contributed by atoms with E-state index in [-0.39, 0.29) is 11.8 Å². The fourth-order valence-electron chi connectivity index (χ4n) is 2.94. The first-order valence-corrected chi connectivity index (χ1v) is 8.03. The molecular weight excluding hydrogens is 340 g/mol. The normalized spacial score (nSPS) is 25.7. The van der Waals surface area contributed by atoms with Crippen molar-refractivity contribution in [2.45, 2.75) is 24.5 Å². The average Bonchev–Trinajstić information content (AvgIpc) is 3.18. The third-order valence-corrected chi connectivity index (χ3v) is 4.27. The summed E-state index contributed by atoms with van der Waals surface area (Å²) in [5, 5.41) is 32.5. The Bertz CT molecular complexity index is 918.